The van der Waals surface area contributed by atoms with Crippen molar-refractivity contribution in [3.8, 4) is 0 Å². The van der Waals surface area contributed by atoms with Gasteiger partial charge >= 0.3 is 0 Å². The monoisotopic (exact) mass is 343 g/mol. The molecule has 1 nitrogen and oxygen atoms in total. The first kappa shape index (κ1) is 13.2. The number of hydrogen-bond donors (Lipinski definition) is 1. The van der Waals surface area contributed by atoms with Crippen LogP contribution in [0.5, 0.6) is 0 Å². The van der Waals surface area contributed by atoms with Crippen molar-refractivity contribution in [2.24, 2.45) is 5.41 Å². The lowest BCUT2D eigenvalue weighted by atomic mass is 9.75. The van der Waals surface area contributed by atoms with Gasteiger partial charge in [-0.1, -0.05) is 19.9 Å². The molecule has 0 heterocycles. The van der Waals surface area contributed by atoms with Crippen LogP contribution in [-0.4, -0.2) is 6.04 Å². The summed E-state index contributed by atoms with van der Waals surface area (Å²) in [5.41, 5.74) is 3.20. The summed E-state index contributed by atoms with van der Waals surface area (Å²) in [5, 5.41) is 3.68. The van der Waals surface area contributed by atoms with E-state index in [1.54, 1.807) is 0 Å². The van der Waals surface area contributed by atoms with Crippen molar-refractivity contribution in [3.05, 3.63) is 27.3 Å². The van der Waals surface area contributed by atoms with Gasteiger partial charge in [-0.15, -0.1) is 0 Å². The maximum atomic E-state index is 3.68. The van der Waals surface area contributed by atoms with Crippen LogP contribution in [0.3, 0.4) is 0 Å². The maximum absolute atomic E-state index is 3.68. The predicted molar refractivity (Wildman–Crippen MR) is 83.6 cm³/mol. The first-order valence-corrected chi connectivity index (χ1v) is 7.57. The van der Waals surface area contributed by atoms with Crippen molar-refractivity contribution in [3.63, 3.8) is 0 Å². The average molecular weight is 343 g/mol. The topological polar surface area (TPSA) is 12.0 Å². The number of benzene rings is 1. The van der Waals surface area contributed by atoms with Gasteiger partial charge in [-0.2, -0.15) is 0 Å². The van der Waals surface area contributed by atoms with Gasteiger partial charge in [0.25, 0.3) is 0 Å². The number of rotatable bonds is 2. The second kappa shape index (κ2) is 5.17. The van der Waals surface area contributed by atoms with E-state index in [1.165, 1.54) is 40.5 Å². The normalized spacial score (nSPS) is 20.2. The third-order valence-corrected chi connectivity index (χ3v) is 5.04. The quantitative estimate of drug-likeness (QED) is 0.747. The second-order valence-corrected chi connectivity index (χ2v) is 7.21. The zero-order valence-electron chi connectivity index (χ0n) is 11.0. The molecule has 1 saturated carbocycles. The molecule has 1 aliphatic carbocycles. The highest BCUT2D eigenvalue weighted by molar-refractivity contribution is 14.1. The molecule has 0 amide bonds. The summed E-state index contributed by atoms with van der Waals surface area (Å²) in [6.45, 7) is 6.94. The van der Waals surface area contributed by atoms with E-state index >= 15 is 0 Å². The first-order chi connectivity index (χ1) is 7.96. The number of hydrogen-bond acceptors (Lipinski definition) is 1. The fourth-order valence-electron chi connectivity index (χ4n) is 2.46. The van der Waals surface area contributed by atoms with Gasteiger partial charge in [0.15, 0.2) is 0 Å². The molecule has 1 aromatic carbocycles. The van der Waals surface area contributed by atoms with E-state index in [2.05, 4.69) is 66.9 Å². The molecule has 1 aliphatic rings. The van der Waals surface area contributed by atoms with Gasteiger partial charge in [0.1, 0.15) is 0 Å². The molecule has 1 N–H and O–H groups in total. The van der Waals surface area contributed by atoms with Gasteiger partial charge < -0.3 is 5.32 Å². The van der Waals surface area contributed by atoms with Gasteiger partial charge in [-0.3, -0.25) is 0 Å². The lowest BCUT2D eigenvalue weighted by Crippen LogP contribution is -2.29. The third kappa shape index (κ3) is 3.60. The zero-order valence-corrected chi connectivity index (χ0v) is 13.2. The fourth-order valence-corrected chi connectivity index (χ4v) is 2.98. The highest BCUT2D eigenvalue weighted by atomic mass is 127. The van der Waals surface area contributed by atoms with Crippen molar-refractivity contribution in [1.29, 1.82) is 0 Å². The smallest absolute Gasteiger partial charge is 0.0353 e. The fraction of sp³-hybridized carbons (Fsp3) is 0.600. The summed E-state index contributed by atoms with van der Waals surface area (Å²) in [4.78, 5) is 0. The summed E-state index contributed by atoms with van der Waals surface area (Å²) in [7, 11) is 0. The Morgan fingerprint density at radius 1 is 1.24 bits per heavy atom. The average Bonchev–Trinajstić information content (AvgIpc) is 2.27. The highest BCUT2D eigenvalue weighted by Crippen LogP contribution is 2.36. The summed E-state index contributed by atoms with van der Waals surface area (Å²) < 4.78 is 1.35. The molecule has 0 aromatic heterocycles. The number of aryl methyl sites for hydroxylation is 1. The minimum absolute atomic E-state index is 0.555. The van der Waals surface area contributed by atoms with E-state index in [0.717, 1.165) is 0 Å². The molecule has 1 aromatic rings. The number of nitrogens with one attached hydrogen (secondary N) is 1. The lowest BCUT2D eigenvalue weighted by Gasteiger charge is -2.35. The minimum Gasteiger partial charge on any atom is -0.382 e. The molecule has 2 heteroatoms. The van der Waals surface area contributed by atoms with E-state index in [4.69, 9.17) is 0 Å². The minimum atomic E-state index is 0.555. The molecular weight excluding hydrogens is 321 g/mol. The Balaban J connectivity index is 1.95. The van der Waals surface area contributed by atoms with Gasteiger partial charge in [0, 0.05) is 15.3 Å². The molecule has 0 atom stereocenters. The molecule has 0 saturated heterocycles. The Bertz CT molecular complexity index is 388. The largest absolute Gasteiger partial charge is 0.382 e. The molecule has 0 aliphatic heterocycles. The van der Waals surface area contributed by atoms with Gasteiger partial charge in [-0.25, -0.2) is 0 Å². The third-order valence-electron chi connectivity index (χ3n) is 3.88. The van der Waals surface area contributed by atoms with E-state index in [-0.39, 0.29) is 0 Å². The molecular formula is C15H22IN. The Kier molecular flexibility index (Phi) is 4.01. The van der Waals surface area contributed by atoms with E-state index < -0.39 is 0 Å². The summed E-state index contributed by atoms with van der Waals surface area (Å²) in [5.74, 6) is 0. The lowest BCUT2D eigenvalue weighted by molar-refractivity contribution is 0.232. The van der Waals surface area contributed by atoms with E-state index in [1.807, 2.05) is 0 Å². The van der Waals surface area contributed by atoms with Crippen LogP contribution in [0, 0.1) is 15.9 Å². The Hall–Kier alpha value is -0.250. The van der Waals surface area contributed by atoms with Crippen LogP contribution in [0.2, 0.25) is 0 Å². The van der Waals surface area contributed by atoms with Crippen molar-refractivity contribution in [2.75, 3.05) is 5.32 Å². The summed E-state index contributed by atoms with van der Waals surface area (Å²) >= 11 is 2.41. The van der Waals surface area contributed by atoms with Gasteiger partial charge in [-0.05, 0) is 78.3 Å². The van der Waals surface area contributed by atoms with Crippen molar-refractivity contribution in [2.45, 2.75) is 52.5 Å². The molecule has 0 spiro atoms. The first-order valence-electron chi connectivity index (χ1n) is 6.49. The molecule has 2 rings (SSSR count). The second-order valence-electron chi connectivity index (χ2n) is 6.05. The standard InChI is InChI=1S/C15H22IN/c1-11-4-5-13(10-14(11)16)17-12-6-8-15(2,3)9-7-12/h4-5,10,12,17H,6-9H2,1-3H3. The van der Waals surface area contributed by atoms with Crippen LogP contribution in [0.4, 0.5) is 5.69 Å². The van der Waals surface area contributed by atoms with Crippen LogP contribution >= 0.6 is 22.6 Å². The Labute approximate surface area is 119 Å². The van der Waals surface area contributed by atoms with Crippen LogP contribution in [-0.2, 0) is 0 Å². The number of halogens is 1. The maximum Gasteiger partial charge on any atom is 0.0353 e. The van der Waals surface area contributed by atoms with Gasteiger partial charge in [0.05, 0.1) is 0 Å². The summed E-state index contributed by atoms with van der Waals surface area (Å²) in [6, 6.07) is 7.34. The molecule has 0 radical (unpaired) electrons. The van der Waals surface area contributed by atoms with Crippen molar-refractivity contribution >= 4 is 28.3 Å². The van der Waals surface area contributed by atoms with Gasteiger partial charge in [0.2, 0.25) is 0 Å². The molecule has 94 valence electrons. The van der Waals surface area contributed by atoms with Crippen LogP contribution in [0.25, 0.3) is 0 Å². The van der Waals surface area contributed by atoms with E-state index in [0.29, 0.717) is 11.5 Å². The van der Waals surface area contributed by atoms with E-state index in [9.17, 15) is 0 Å². The predicted octanol–water partition coefficient (Wildman–Crippen LogP) is 4.98. The molecule has 0 unspecified atom stereocenters. The highest BCUT2D eigenvalue weighted by Gasteiger charge is 2.26. The zero-order chi connectivity index (χ0) is 12.5. The van der Waals surface area contributed by atoms with Crippen molar-refractivity contribution < 1.29 is 0 Å². The van der Waals surface area contributed by atoms with Crippen LogP contribution in [0.1, 0.15) is 45.1 Å². The SMILES string of the molecule is Cc1ccc(NC2CCC(C)(C)CC2)cc1I. The van der Waals surface area contributed by atoms with Crippen LogP contribution < -0.4 is 5.32 Å². The Morgan fingerprint density at radius 2 is 1.88 bits per heavy atom. The van der Waals surface area contributed by atoms with Crippen LogP contribution in [0.15, 0.2) is 18.2 Å². The van der Waals surface area contributed by atoms with Crippen molar-refractivity contribution in [1.82, 2.24) is 0 Å². The summed E-state index contributed by atoms with van der Waals surface area (Å²) in [6.07, 6.45) is 5.29. The Morgan fingerprint density at radius 3 is 2.47 bits per heavy atom. The molecule has 0 bridgehead atoms. The number of anilines is 1. The molecule has 17 heavy (non-hydrogen) atoms. The molecule has 1 fully saturated rings.